The SMILES string of the molecule is CC(NC(=O)C(N)CCC(=O)O)C(=O)NC(CCCCN)C(=O)NC(CO)C(=O)NC(CCC(N)=O)C(=O)NCC(=O)NCC(=O)NC(CO)C(=O)NC(CC(N)=O)C(=O)O. The summed E-state index contributed by atoms with van der Waals surface area (Å²) < 4.78 is 0. The maximum absolute atomic E-state index is 13.3. The first-order valence-electron chi connectivity index (χ1n) is 18.6. The minimum atomic E-state index is -1.77. The lowest BCUT2D eigenvalue weighted by Gasteiger charge is -2.25. The summed E-state index contributed by atoms with van der Waals surface area (Å²) in [6.07, 6.45) is -1.62. The average Bonchev–Trinajstić information content (AvgIpc) is 3.19. The van der Waals surface area contributed by atoms with Crippen LogP contribution in [0.3, 0.4) is 0 Å². The highest BCUT2D eigenvalue weighted by atomic mass is 16.4. The van der Waals surface area contributed by atoms with Crippen LogP contribution in [0.15, 0.2) is 0 Å². The van der Waals surface area contributed by atoms with E-state index in [9.17, 15) is 67.7 Å². The van der Waals surface area contributed by atoms with Crippen LogP contribution >= 0.6 is 0 Å². The molecule has 0 fully saturated rings. The van der Waals surface area contributed by atoms with E-state index in [2.05, 4.69) is 31.9 Å². The highest BCUT2D eigenvalue weighted by Gasteiger charge is 2.32. The number of hydrogen-bond donors (Lipinski definition) is 16. The minimum absolute atomic E-state index is 0.0241. The van der Waals surface area contributed by atoms with E-state index in [1.165, 1.54) is 6.92 Å². The number of nitrogens with one attached hydrogen (secondary N) is 8. The molecular formula is C33H56N12O16. The van der Waals surface area contributed by atoms with Gasteiger partial charge in [-0.25, -0.2) is 4.79 Å². The fourth-order valence-electron chi connectivity index (χ4n) is 4.79. The van der Waals surface area contributed by atoms with Crippen LogP contribution in [-0.4, -0.2) is 167 Å². The second-order valence-electron chi connectivity index (χ2n) is 13.3. The normalized spacial score (nSPS) is 14.1. The Morgan fingerprint density at radius 1 is 0.525 bits per heavy atom. The van der Waals surface area contributed by atoms with Crippen molar-refractivity contribution in [3.63, 3.8) is 0 Å². The van der Waals surface area contributed by atoms with Gasteiger partial charge in [-0.3, -0.25) is 52.7 Å². The van der Waals surface area contributed by atoms with Crippen LogP contribution in [-0.2, 0) is 57.5 Å². The Labute approximate surface area is 347 Å². The summed E-state index contributed by atoms with van der Waals surface area (Å²) in [4.78, 5) is 146. The molecule has 0 rings (SSSR count). The van der Waals surface area contributed by atoms with Gasteiger partial charge in [-0.2, -0.15) is 0 Å². The van der Waals surface area contributed by atoms with Crippen molar-refractivity contribution in [2.24, 2.45) is 22.9 Å². The van der Waals surface area contributed by atoms with E-state index in [1.807, 2.05) is 10.6 Å². The smallest absolute Gasteiger partial charge is 0.326 e. The number of primary amides is 2. The van der Waals surface area contributed by atoms with Crippen LogP contribution < -0.4 is 65.5 Å². The molecule has 0 saturated carbocycles. The number of hydrogen-bond acceptors (Lipinski definition) is 16. The fourth-order valence-corrected chi connectivity index (χ4v) is 4.79. The number of rotatable bonds is 31. The van der Waals surface area contributed by atoms with Gasteiger partial charge in [-0.15, -0.1) is 0 Å². The molecule has 0 aromatic rings. The molecule has 0 saturated heterocycles. The van der Waals surface area contributed by atoms with Crippen LogP contribution in [0.2, 0.25) is 0 Å². The van der Waals surface area contributed by atoms with Crippen LogP contribution in [0.5, 0.6) is 0 Å². The van der Waals surface area contributed by atoms with Gasteiger partial charge in [0.1, 0.15) is 36.3 Å². The number of carbonyl (C=O) groups excluding carboxylic acids is 10. The Kier molecular flexibility index (Phi) is 25.7. The number of carboxylic acids is 2. The molecule has 61 heavy (non-hydrogen) atoms. The molecule has 28 nitrogen and oxygen atoms in total. The molecule has 0 aliphatic rings. The molecule has 10 amide bonds. The van der Waals surface area contributed by atoms with Crippen molar-refractivity contribution in [3.05, 3.63) is 0 Å². The van der Waals surface area contributed by atoms with E-state index in [1.54, 1.807) is 0 Å². The number of nitrogens with two attached hydrogens (primary N) is 4. The summed E-state index contributed by atoms with van der Waals surface area (Å²) in [5.41, 5.74) is 21.3. The number of amides is 10. The number of carbonyl (C=O) groups is 12. The van der Waals surface area contributed by atoms with E-state index < -0.39 is 165 Å². The Hall–Kier alpha value is -6.52. The van der Waals surface area contributed by atoms with Gasteiger partial charge in [-0.1, -0.05) is 0 Å². The number of aliphatic carboxylic acids is 2. The number of unbranched alkanes of at least 4 members (excludes halogenated alkanes) is 1. The molecule has 344 valence electrons. The maximum atomic E-state index is 13.3. The quantitative estimate of drug-likeness (QED) is 0.0288. The molecular weight excluding hydrogens is 820 g/mol. The molecule has 20 N–H and O–H groups in total. The summed E-state index contributed by atoms with van der Waals surface area (Å²) in [5.74, 6) is -12.9. The molecule has 0 aromatic heterocycles. The Balaban J connectivity index is 5.55. The van der Waals surface area contributed by atoms with Gasteiger partial charge in [0, 0.05) is 12.8 Å². The molecule has 0 radical (unpaired) electrons. The first-order chi connectivity index (χ1) is 28.6. The molecule has 0 spiro atoms. The first-order valence-corrected chi connectivity index (χ1v) is 18.6. The van der Waals surface area contributed by atoms with Gasteiger partial charge in [-0.05, 0) is 45.6 Å². The van der Waals surface area contributed by atoms with Crippen LogP contribution in [0.25, 0.3) is 0 Å². The zero-order valence-electron chi connectivity index (χ0n) is 33.2. The fraction of sp³-hybridized carbons (Fsp3) is 0.636. The van der Waals surface area contributed by atoms with E-state index >= 15 is 0 Å². The summed E-state index contributed by atoms with van der Waals surface area (Å²) in [7, 11) is 0. The third-order valence-corrected chi connectivity index (χ3v) is 8.19. The van der Waals surface area contributed by atoms with E-state index in [0.717, 1.165) is 0 Å². The molecule has 0 aromatic carbocycles. The predicted octanol–water partition coefficient (Wildman–Crippen LogP) is -9.32. The van der Waals surface area contributed by atoms with Crippen molar-refractivity contribution in [1.29, 1.82) is 0 Å². The Morgan fingerprint density at radius 2 is 1.03 bits per heavy atom. The lowest BCUT2D eigenvalue weighted by atomic mass is 10.1. The van der Waals surface area contributed by atoms with E-state index in [4.69, 9.17) is 33.1 Å². The molecule has 7 unspecified atom stereocenters. The highest BCUT2D eigenvalue weighted by molar-refractivity contribution is 5.97. The molecule has 28 heteroatoms. The number of aliphatic hydroxyl groups excluding tert-OH is 2. The third kappa shape index (κ3) is 23.0. The lowest BCUT2D eigenvalue weighted by molar-refractivity contribution is -0.144. The standard InChI is InChI=1S/C33H56N12O16/c1-15(40-28(55)16(35)5-8-26(52)53)27(54)42-17(4-2-3-9-34)30(57)45-21(14-47)32(59)43-18(6-7-22(36)48)29(56)39-11-24(50)38-12-25(51)41-20(13-46)31(58)44-19(33(60)61)10-23(37)49/h15-21,46-47H,2-14,34-35H2,1H3,(H2,36,48)(H2,37,49)(H,38,50)(H,39,56)(H,40,55)(H,41,51)(H,42,54)(H,43,59)(H,44,58)(H,45,57)(H,52,53)(H,60,61). The molecule has 7 atom stereocenters. The average molecular weight is 877 g/mol. The van der Waals surface area contributed by atoms with Crippen LogP contribution in [0, 0.1) is 0 Å². The largest absolute Gasteiger partial charge is 0.481 e. The third-order valence-electron chi connectivity index (χ3n) is 8.19. The monoisotopic (exact) mass is 876 g/mol. The van der Waals surface area contributed by atoms with Crippen molar-refractivity contribution >= 4 is 71.0 Å². The first kappa shape index (κ1) is 54.5. The highest BCUT2D eigenvalue weighted by Crippen LogP contribution is 2.05. The van der Waals surface area contributed by atoms with Crippen molar-refractivity contribution in [2.75, 3.05) is 32.8 Å². The molecule has 0 bridgehead atoms. The van der Waals surface area contributed by atoms with Crippen molar-refractivity contribution < 1.29 is 78.0 Å². The maximum Gasteiger partial charge on any atom is 0.326 e. The summed E-state index contributed by atoms with van der Waals surface area (Å²) in [6, 6.07) is -10.7. The van der Waals surface area contributed by atoms with Crippen LogP contribution in [0.1, 0.15) is 58.3 Å². The number of carboxylic acid groups (broad SMARTS) is 2. The number of aliphatic hydroxyl groups is 2. The topological polar surface area (TPSA) is 486 Å². The summed E-state index contributed by atoms with van der Waals surface area (Å²) >= 11 is 0. The predicted molar refractivity (Wildman–Crippen MR) is 205 cm³/mol. The van der Waals surface area contributed by atoms with Gasteiger partial charge in [0.25, 0.3) is 0 Å². The molecule has 0 aliphatic carbocycles. The molecule has 0 aliphatic heterocycles. The summed E-state index contributed by atoms with van der Waals surface area (Å²) in [6.45, 7) is -2.23. The lowest BCUT2D eigenvalue weighted by Crippen LogP contribution is -2.59. The second-order valence-corrected chi connectivity index (χ2v) is 13.3. The van der Waals surface area contributed by atoms with Crippen LogP contribution in [0.4, 0.5) is 0 Å². The zero-order chi connectivity index (χ0) is 46.8. The Bertz CT molecular complexity index is 1600. The van der Waals surface area contributed by atoms with Gasteiger partial charge in [0.2, 0.25) is 59.1 Å². The van der Waals surface area contributed by atoms with Gasteiger partial charge in [0.15, 0.2) is 0 Å². The van der Waals surface area contributed by atoms with Gasteiger partial charge >= 0.3 is 11.9 Å². The van der Waals surface area contributed by atoms with Crippen molar-refractivity contribution in [2.45, 2.75) is 101 Å². The van der Waals surface area contributed by atoms with Gasteiger partial charge in [0.05, 0.1) is 38.8 Å². The van der Waals surface area contributed by atoms with E-state index in [-0.39, 0.29) is 19.4 Å². The summed E-state index contributed by atoms with van der Waals surface area (Å²) in [5, 5.41) is 54.7. The van der Waals surface area contributed by atoms with Gasteiger partial charge < -0.3 is 85.9 Å². The van der Waals surface area contributed by atoms with Crippen molar-refractivity contribution in [3.8, 4) is 0 Å². The second kappa shape index (κ2) is 28.8. The minimum Gasteiger partial charge on any atom is -0.481 e. The Morgan fingerprint density at radius 3 is 1.56 bits per heavy atom. The van der Waals surface area contributed by atoms with Crippen molar-refractivity contribution in [1.82, 2.24) is 42.5 Å². The van der Waals surface area contributed by atoms with E-state index in [0.29, 0.717) is 12.8 Å². The molecule has 0 heterocycles. The zero-order valence-corrected chi connectivity index (χ0v) is 33.2.